The second-order valence-electron chi connectivity index (χ2n) is 4.44. The molecule has 1 heterocycles. The maximum Gasteiger partial charge on any atom is 0.315 e. The van der Waals surface area contributed by atoms with Crippen molar-refractivity contribution >= 4 is 11.9 Å². The predicted octanol–water partition coefficient (Wildman–Crippen LogP) is 1.73. The number of hydrogen-bond donors (Lipinski definition) is 1. The zero-order valence-electron chi connectivity index (χ0n) is 10.5. The van der Waals surface area contributed by atoms with Crippen LogP contribution in [-0.2, 0) is 14.3 Å². The van der Waals surface area contributed by atoms with Crippen LogP contribution in [0.25, 0.3) is 0 Å². The summed E-state index contributed by atoms with van der Waals surface area (Å²) in [5.74, 6) is -2.06. The van der Waals surface area contributed by atoms with E-state index < -0.39 is 11.9 Å². The van der Waals surface area contributed by atoms with E-state index in [1.165, 1.54) is 19.2 Å². The van der Waals surface area contributed by atoms with E-state index in [1.807, 2.05) is 0 Å². The first kappa shape index (κ1) is 13.3. The SMILES string of the molecule is C=C1NC(=O)CC(c2ccc(F)cc2)C1C(=O)OC. The van der Waals surface area contributed by atoms with E-state index in [9.17, 15) is 14.0 Å². The summed E-state index contributed by atoms with van der Waals surface area (Å²) in [6.45, 7) is 3.70. The lowest BCUT2D eigenvalue weighted by Crippen LogP contribution is -2.41. The van der Waals surface area contributed by atoms with Gasteiger partial charge in [0.25, 0.3) is 0 Å². The van der Waals surface area contributed by atoms with Crippen molar-refractivity contribution in [1.82, 2.24) is 5.32 Å². The van der Waals surface area contributed by atoms with Gasteiger partial charge in [-0.2, -0.15) is 0 Å². The van der Waals surface area contributed by atoms with E-state index in [2.05, 4.69) is 11.9 Å². The maximum absolute atomic E-state index is 12.9. The first-order valence-corrected chi connectivity index (χ1v) is 5.85. The fourth-order valence-corrected chi connectivity index (χ4v) is 2.32. The van der Waals surface area contributed by atoms with Crippen molar-refractivity contribution in [1.29, 1.82) is 0 Å². The summed E-state index contributed by atoms with van der Waals surface area (Å²) in [5.41, 5.74) is 1.03. The van der Waals surface area contributed by atoms with E-state index in [0.29, 0.717) is 11.3 Å². The number of nitrogens with one attached hydrogen (secondary N) is 1. The van der Waals surface area contributed by atoms with Gasteiger partial charge >= 0.3 is 5.97 Å². The Bertz CT molecular complexity index is 524. The van der Waals surface area contributed by atoms with Gasteiger partial charge in [0.05, 0.1) is 7.11 Å². The zero-order valence-corrected chi connectivity index (χ0v) is 10.5. The number of halogens is 1. The van der Waals surface area contributed by atoms with Crippen LogP contribution in [0, 0.1) is 11.7 Å². The molecule has 1 aliphatic rings. The molecule has 1 fully saturated rings. The second-order valence-corrected chi connectivity index (χ2v) is 4.44. The number of carbonyl (C=O) groups excluding carboxylic acids is 2. The second kappa shape index (κ2) is 5.22. The number of piperidine rings is 1. The highest BCUT2D eigenvalue weighted by molar-refractivity contribution is 5.86. The van der Waals surface area contributed by atoms with Gasteiger partial charge in [0.2, 0.25) is 5.91 Å². The molecule has 100 valence electrons. The van der Waals surface area contributed by atoms with E-state index in [1.54, 1.807) is 12.1 Å². The Balaban J connectivity index is 2.37. The molecule has 1 amide bonds. The van der Waals surface area contributed by atoms with Gasteiger partial charge < -0.3 is 10.1 Å². The first-order valence-electron chi connectivity index (χ1n) is 5.85. The number of methoxy groups -OCH3 is 1. The molecule has 0 aliphatic carbocycles. The highest BCUT2D eigenvalue weighted by Crippen LogP contribution is 2.35. The van der Waals surface area contributed by atoms with Crippen LogP contribution in [-0.4, -0.2) is 19.0 Å². The Labute approximate surface area is 110 Å². The van der Waals surface area contributed by atoms with E-state index in [-0.39, 0.29) is 24.1 Å². The number of rotatable bonds is 2. The van der Waals surface area contributed by atoms with Crippen molar-refractivity contribution in [3.05, 3.63) is 47.9 Å². The van der Waals surface area contributed by atoms with Crippen LogP contribution in [0.5, 0.6) is 0 Å². The van der Waals surface area contributed by atoms with Gasteiger partial charge in [0, 0.05) is 18.0 Å². The summed E-state index contributed by atoms with van der Waals surface area (Å²) in [6.07, 6.45) is 0.143. The summed E-state index contributed by atoms with van der Waals surface area (Å²) < 4.78 is 17.7. The number of amides is 1. The molecule has 1 N–H and O–H groups in total. The van der Waals surface area contributed by atoms with Crippen molar-refractivity contribution in [3.63, 3.8) is 0 Å². The standard InChI is InChI=1S/C14H14FNO3/c1-8-13(14(18)19-2)11(7-12(17)16-8)9-3-5-10(15)6-4-9/h3-6,11,13H,1,7H2,2H3,(H,16,17). The van der Waals surface area contributed by atoms with Crippen LogP contribution in [0.2, 0.25) is 0 Å². The molecule has 2 unspecified atom stereocenters. The monoisotopic (exact) mass is 263 g/mol. The molecule has 0 radical (unpaired) electrons. The Kier molecular flexibility index (Phi) is 3.64. The Morgan fingerprint density at radius 2 is 2.05 bits per heavy atom. The number of carbonyl (C=O) groups is 2. The average Bonchev–Trinajstić information content (AvgIpc) is 2.38. The van der Waals surface area contributed by atoms with Crippen LogP contribution in [0.15, 0.2) is 36.5 Å². The normalized spacial score (nSPS) is 22.8. The summed E-state index contributed by atoms with van der Waals surface area (Å²) in [5, 5.41) is 2.55. The summed E-state index contributed by atoms with van der Waals surface area (Å²) in [7, 11) is 1.29. The molecule has 4 nitrogen and oxygen atoms in total. The smallest absolute Gasteiger partial charge is 0.315 e. The predicted molar refractivity (Wildman–Crippen MR) is 66.5 cm³/mol. The van der Waals surface area contributed by atoms with E-state index in [0.717, 1.165) is 0 Å². The fourth-order valence-electron chi connectivity index (χ4n) is 2.32. The Morgan fingerprint density at radius 1 is 1.42 bits per heavy atom. The van der Waals surface area contributed by atoms with Crippen molar-refractivity contribution < 1.29 is 18.7 Å². The van der Waals surface area contributed by atoms with Crippen molar-refractivity contribution in [2.45, 2.75) is 12.3 Å². The molecule has 5 heteroatoms. The molecule has 1 aromatic rings. The summed E-state index contributed by atoms with van der Waals surface area (Å²) in [4.78, 5) is 23.4. The largest absolute Gasteiger partial charge is 0.468 e. The third kappa shape index (κ3) is 2.65. The van der Waals surface area contributed by atoms with E-state index >= 15 is 0 Å². The molecule has 0 bridgehead atoms. The fraction of sp³-hybridized carbons (Fsp3) is 0.286. The number of esters is 1. The van der Waals surface area contributed by atoms with Crippen LogP contribution >= 0.6 is 0 Å². The molecule has 19 heavy (non-hydrogen) atoms. The van der Waals surface area contributed by atoms with Gasteiger partial charge in [-0.1, -0.05) is 18.7 Å². The minimum atomic E-state index is -0.645. The van der Waals surface area contributed by atoms with Gasteiger partial charge in [-0.3, -0.25) is 9.59 Å². The quantitative estimate of drug-likeness (QED) is 0.827. The molecule has 0 aromatic heterocycles. The molecular weight excluding hydrogens is 249 g/mol. The molecule has 1 saturated heterocycles. The average molecular weight is 263 g/mol. The van der Waals surface area contributed by atoms with Gasteiger partial charge in [0.1, 0.15) is 11.7 Å². The zero-order chi connectivity index (χ0) is 14.0. The number of benzene rings is 1. The molecule has 1 aliphatic heterocycles. The first-order chi connectivity index (χ1) is 9.02. The third-order valence-corrected chi connectivity index (χ3v) is 3.24. The van der Waals surface area contributed by atoms with Gasteiger partial charge in [0.15, 0.2) is 0 Å². The third-order valence-electron chi connectivity index (χ3n) is 3.24. The maximum atomic E-state index is 12.9. The molecule has 2 rings (SSSR count). The highest BCUT2D eigenvalue weighted by atomic mass is 19.1. The Morgan fingerprint density at radius 3 is 2.63 bits per heavy atom. The minimum absolute atomic E-state index is 0.143. The number of ether oxygens (including phenoxy) is 1. The highest BCUT2D eigenvalue weighted by Gasteiger charge is 2.38. The topological polar surface area (TPSA) is 55.4 Å². The van der Waals surface area contributed by atoms with Crippen molar-refractivity contribution in [3.8, 4) is 0 Å². The summed E-state index contributed by atoms with van der Waals surface area (Å²) in [6, 6.07) is 5.75. The van der Waals surface area contributed by atoms with Gasteiger partial charge in [-0.15, -0.1) is 0 Å². The van der Waals surface area contributed by atoms with Crippen molar-refractivity contribution in [2.75, 3.05) is 7.11 Å². The van der Waals surface area contributed by atoms with Gasteiger partial charge in [-0.25, -0.2) is 4.39 Å². The van der Waals surface area contributed by atoms with Crippen LogP contribution in [0.3, 0.4) is 0 Å². The lowest BCUT2D eigenvalue weighted by Gasteiger charge is -2.31. The summed E-state index contributed by atoms with van der Waals surface area (Å²) >= 11 is 0. The van der Waals surface area contributed by atoms with Gasteiger partial charge in [-0.05, 0) is 17.7 Å². The molecule has 1 aromatic carbocycles. The lowest BCUT2D eigenvalue weighted by atomic mass is 9.79. The molecular formula is C14H14FNO3. The number of hydrogen-bond acceptors (Lipinski definition) is 3. The van der Waals surface area contributed by atoms with Crippen LogP contribution < -0.4 is 5.32 Å². The molecule has 0 saturated carbocycles. The minimum Gasteiger partial charge on any atom is -0.468 e. The van der Waals surface area contributed by atoms with Crippen LogP contribution in [0.4, 0.5) is 4.39 Å². The van der Waals surface area contributed by atoms with Crippen LogP contribution in [0.1, 0.15) is 17.9 Å². The lowest BCUT2D eigenvalue weighted by molar-refractivity contribution is -0.146. The molecule has 0 spiro atoms. The van der Waals surface area contributed by atoms with E-state index in [4.69, 9.17) is 4.74 Å². The Hall–Kier alpha value is -2.17. The molecule has 2 atom stereocenters. The van der Waals surface area contributed by atoms with Crippen molar-refractivity contribution in [2.24, 2.45) is 5.92 Å².